The van der Waals surface area contributed by atoms with Crippen LogP contribution in [0.1, 0.15) is 264 Å². The first kappa shape index (κ1) is 81.7. The van der Waals surface area contributed by atoms with Crippen molar-refractivity contribution in [3.63, 3.8) is 0 Å². The van der Waals surface area contributed by atoms with Gasteiger partial charge in [0.15, 0.2) is 12.6 Å². The third kappa shape index (κ3) is 42.5. The van der Waals surface area contributed by atoms with Crippen LogP contribution in [0.25, 0.3) is 0 Å². The Kier molecular flexibility index (Phi) is 53.7. The molecule has 0 bridgehead atoms. The summed E-state index contributed by atoms with van der Waals surface area (Å²) in [6.07, 6.45) is 67.1. The molecule has 12 unspecified atom stereocenters. The van der Waals surface area contributed by atoms with Crippen molar-refractivity contribution in [3.05, 3.63) is 109 Å². The van der Waals surface area contributed by atoms with Crippen molar-refractivity contribution in [1.82, 2.24) is 5.32 Å². The lowest BCUT2D eigenvalue weighted by atomic mass is 9.97. The molecular weight excluding hydrogens is 1120 g/mol. The average molecular weight is 1250 g/mol. The van der Waals surface area contributed by atoms with Gasteiger partial charge >= 0.3 is 0 Å². The molecule has 2 aliphatic heterocycles. The minimum atomic E-state index is -1.79. The van der Waals surface area contributed by atoms with Crippen LogP contribution < -0.4 is 5.32 Å². The second-order valence-corrected chi connectivity index (χ2v) is 24.6. The summed E-state index contributed by atoms with van der Waals surface area (Å²) in [5, 5.41) is 87.3. The van der Waals surface area contributed by atoms with Crippen molar-refractivity contribution in [2.24, 2.45) is 0 Å². The molecule has 2 fully saturated rings. The Morgan fingerprint density at radius 1 is 0.416 bits per heavy atom. The van der Waals surface area contributed by atoms with Crippen LogP contribution >= 0.6 is 0 Å². The highest BCUT2D eigenvalue weighted by atomic mass is 16.7. The van der Waals surface area contributed by atoms with Gasteiger partial charge in [0.2, 0.25) is 5.91 Å². The molecule has 1 amide bonds. The number of aliphatic hydroxyl groups is 8. The molecule has 0 radical (unpaired) electrons. The molecule has 0 aromatic heterocycles. The van der Waals surface area contributed by atoms with Gasteiger partial charge in [-0.25, -0.2) is 0 Å². The van der Waals surface area contributed by atoms with Gasteiger partial charge < -0.3 is 65.1 Å². The number of allylic oxidation sites excluding steroid dienone is 17. The summed E-state index contributed by atoms with van der Waals surface area (Å²) >= 11 is 0. The molecule has 0 saturated carbocycles. The number of nitrogens with one attached hydrogen (secondary N) is 1. The number of ether oxygens (including phenoxy) is 4. The minimum Gasteiger partial charge on any atom is -0.394 e. The fourth-order valence-electron chi connectivity index (χ4n) is 11.1. The molecule has 14 nitrogen and oxygen atoms in total. The van der Waals surface area contributed by atoms with E-state index in [-0.39, 0.29) is 18.9 Å². The fraction of sp³-hybridized carbons (Fsp3) is 0.747. The van der Waals surface area contributed by atoms with Crippen LogP contribution in [0, 0.1) is 0 Å². The lowest BCUT2D eigenvalue weighted by Gasteiger charge is -2.46. The predicted molar refractivity (Wildman–Crippen MR) is 364 cm³/mol. The molecule has 0 aromatic carbocycles. The summed E-state index contributed by atoms with van der Waals surface area (Å²) in [7, 11) is 0. The quantitative estimate of drug-likeness (QED) is 0.0204. The van der Waals surface area contributed by atoms with E-state index in [0.717, 1.165) is 89.9 Å². The first-order valence-electron chi connectivity index (χ1n) is 35.6. The summed E-state index contributed by atoms with van der Waals surface area (Å²) in [5.41, 5.74) is 0. The van der Waals surface area contributed by atoms with Crippen molar-refractivity contribution in [3.8, 4) is 0 Å². The van der Waals surface area contributed by atoms with E-state index >= 15 is 0 Å². The second-order valence-electron chi connectivity index (χ2n) is 24.6. The molecule has 2 heterocycles. The number of carbonyl (C=O) groups excluding carboxylic acids is 1. The maximum absolute atomic E-state index is 13.3. The van der Waals surface area contributed by atoms with E-state index in [1.54, 1.807) is 6.08 Å². The van der Waals surface area contributed by atoms with Crippen molar-refractivity contribution in [2.45, 2.75) is 338 Å². The zero-order valence-electron chi connectivity index (χ0n) is 55.6. The van der Waals surface area contributed by atoms with Gasteiger partial charge in [0.1, 0.15) is 48.8 Å². The van der Waals surface area contributed by atoms with Gasteiger partial charge in [0, 0.05) is 6.42 Å². The molecule has 0 aliphatic carbocycles. The van der Waals surface area contributed by atoms with Crippen molar-refractivity contribution >= 4 is 5.91 Å². The summed E-state index contributed by atoms with van der Waals surface area (Å²) < 4.78 is 22.8. The molecule has 12 atom stereocenters. The summed E-state index contributed by atoms with van der Waals surface area (Å²) in [6, 6.07) is -0.921. The Morgan fingerprint density at radius 3 is 1.19 bits per heavy atom. The van der Waals surface area contributed by atoms with Crippen LogP contribution in [-0.2, 0) is 23.7 Å². The Labute approximate surface area is 540 Å². The number of carbonyl (C=O) groups is 1. The van der Waals surface area contributed by atoms with Gasteiger partial charge in [0.05, 0.1) is 32.0 Å². The molecular formula is C75H129NO13. The largest absolute Gasteiger partial charge is 0.394 e. The normalized spacial score (nSPS) is 23.7. The molecule has 2 rings (SSSR count). The molecule has 2 saturated heterocycles. The first-order chi connectivity index (χ1) is 43.6. The molecule has 0 spiro atoms. The Hall–Kier alpha value is -3.35. The van der Waals surface area contributed by atoms with E-state index in [1.165, 1.54) is 148 Å². The first-order valence-corrected chi connectivity index (χ1v) is 35.6. The second kappa shape index (κ2) is 58.5. The van der Waals surface area contributed by atoms with Crippen LogP contribution in [0.4, 0.5) is 0 Å². The van der Waals surface area contributed by atoms with E-state index in [4.69, 9.17) is 18.9 Å². The molecule has 0 aromatic rings. The highest BCUT2D eigenvalue weighted by molar-refractivity contribution is 5.76. The molecule has 14 heteroatoms. The maximum Gasteiger partial charge on any atom is 0.220 e. The predicted octanol–water partition coefficient (Wildman–Crippen LogP) is 14.7. The highest BCUT2D eigenvalue weighted by Crippen LogP contribution is 2.30. The third-order valence-corrected chi connectivity index (χ3v) is 16.7. The topological polar surface area (TPSA) is 228 Å². The van der Waals surface area contributed by atoms with E-state index in [2.05, 4.69) is 116 Å². The van der Waals surface area contributed by atoms with E-state index < -0.39 is 86.8 Å². The van der Waals surface area contributed by atoms with Crippen molar-refractivity contribution < 1.29 is 64.6 Å². The highest BCUT2D eigenvalue weighted by Gasteiger charge is 2.51. The lowest BCUT2D eigenvalue weighted by molar-refractivity contribution is -0.359. The monoisotopic (exact) mass is 1250 g/mol. The van der Waals surface area contributed by atoms with E-state index in [1.807, 2.05) is 6.08 Å². The Balaban J connectivity index is 1.61. The zero-order valence-corrected chi connectivity index (χ0v) is 55.6. The average Bonchev–Trinajstić information content (AvgIpc) is 2.55. The third-order valence-electron chi connectivity index (χ3n) is 16.7. The van der Waals surface area contributed by atoms with Gasteiger partial charge in [0.25, 0.3) is 0 Å². The van der Waals surface area contributed by atoms with Crippen LogP contribution in [0.2, 0.25) is 0 Å². The SMILES string of the molecule is CC/C=C\C/C=C\C/C=C\C/C=C\C/C=C\C/C=C\C/C=C\C/C=C\CCCCCCCCCCCCCCCCC(=O)NC(COC1OC(CO)C(OC2OC(CO)C(O)C(O)C2O)C(O)C1O)C(O)/C=C/CCCCCCCCCCCCCCCC. The number of unbranched alkanes of at least 4 members (excludes halogenated alkanes) is 28. The van der Waals surface area contributed by atoms with E-state index in [0.29, 0.717) is 6.42 Å². The molecule has 89 heavy (non-hydrogen) atoms. The van der Waals surface area contributed by atoms with Gasteiger partial charge in [-0.3, -0.25) is 4.79 Å². The van der Waals surface area contributed by atoms with Crippen LogP contribution in [0.5, 0.6) is 0 Å². The Bertz CT molecular complexity index is 1910. The molecule has 512 valence electrons. The smallest absolute Gasteiger partial charge is 0.220 e. The molecule has 9 N–H and O–H groups in total. The minimum absolute atomic E-state index is 0.242. The number of amides is 1. The Morgan fingerprint density at radius 2 is 0.775 bits per heavy atom. The van der Waals surface area contributed by atoms with E-state index in [9.17, 15) is 45.6 Å². The van der Waals surface area contributed by atoms with Crippen LogP contribution in [0.15, 0.2) is 109 Å². The number of rotatable bonds is 57. The number of hydrogen-bond donors (Lipinski definition) is 9. The number of aliphatic hydroxyl groups excluding tert-OH is 8. The summed E-state index contributed by atoms with van der Waals surface area (Å²) in [4.78, 5) is 13.3. The van der Waals surface area contributed by atoms with Gasteiger partial charge in [-0.05, 0) is 83.5 Å². The van der Waals surface area contributed by atoms with Crippen LogP contribution in [0.3, 0.4) is 0 Å². The maximum atomic E-state index is 13.3. The lowest BCUT2D eigenvalue weighted by Crippen LogP contribution is -2.65. The van der Waals surface area contributed by atoms with Gasteiger partial charge in [-0.15, -0.1) is 0 Å². The van der Waals surface area contributed by atoms with Gasteiger partial charge in [-0.2, -0.15) is 0 Å². The van der Waals surface area contributed by atoms with Gasteiger partial charge in [-0.1, -0.05) is 284 Å². The van der Waals surface area contributed by atoms with Crippen molar-refractivity contribution in [2.75, 3.05) is 19.8 Å². The summed E-state index contributed by atoms with van der Waals surface area (Å²) in [6.45, 7) is 2.69. The van der Waals surface area contributed by atoms with Crippen molar-refractivity contribution in [1.29, 1.82) is 0 Å². The fourth-order valence-corrected chi connectivity index (χ4v) is 11.1. The standard InChI is InChI=1S/C75H129NO13/c1-3-5-7-9-11-13-15-17-19-21-22-23-24-25-26-27-28-29-30-31-32-33-34-35-36-37-38-39-40-41-42-43-45-47-49-51-53-55-57-59-67(80)76-63(64(79)58-56-54-52-50-48-46-44-20-18-16-14-12-10-8-6-4-2)62-86-74-72(85)70(83)73(66(61-78)88-74)89-75-71(84)69(82)68(81)65(60-77)87-75/h5,7,11,13,17,19,22-23,25-26,28-29,31-32,34-35,56,58,63-66,68-75,77-79,81-85H,3-4,6,8-10,12,14-16,18,20-21,24,27,30,33,36-55,57,59-62H2,1-2H3,(H,76,80)/b7-5-,13-11-,19-17-,23-22-,26-25-,29-28-,32-31-,35-34-,58-56+. The van der Waals surface area contributed by atoms with Crippen LogP contribution in [-0.4, -0.2) is 140 Å². The molecule has 2 aliphatic rings. The summed E-state index contributed by atoms with van der Waals surface area (Å²) in [5.74, 6) is -0.242. The zero-order chi connectivity index (χ0) is 64.5. The number of hydrogen-bond acceptors (Lipinski definition) is 13.